The Labute approximate surface area is 168 Å². The van der Waals surface area contributed by atoms with E-state index in [0.29, 0.717) is 11.3 Å². The molecule has 0 saturated carbocycles. The first-order valence-corrected chi connectivity index (χ1v) is 9.90. The molecule has 9 nitrogen and oxygen atoms in total. The lowest BCUT2D eigenvalue weighted by Crippen LogP contribution is -2.30. The van der Waals surface area contributed by atoms with Gasteiger partial charge in [0.05, 0.1) is 10.5 Å². The van der Waals surface area contributed by atoms with Crippen LogP contribution in [-0.2, 0) is 19.6 Å². The number of primary amides is 1. The summed E-state index contributed by atoms with van der Waals surface area (Å²) in [7, 11) is -0.807. The van der Waals surface area contributed by atoms with Gasteiger partial charge >= 0.3 is 5.97 Å². The number of amides is 2. The van der Waals surface area contributed by atoms with Gasteiger partial charge in [-0.3, -0.25) is 9.59 Å². The Morgan fingerprint density at radius 1 is 0.966 bits per heavy atom. The molecule has 0 fully saturated rings. The number of benzene rings is 2. The van der Waals surface area contributed by atoms with Gasteiger partial charge in [-0.25, -0.2) is 17.5 Å². The van der Waals surface area contributed by atoms with Crippen LogP contribution in [0.5, 0.6) is 0 Å². The van der Waals surface area contributed by atoms with Crippen molar-refractivity contribution in [3.63, 3.8) is 0 Å². The largest absolute Gasteiger partial charge is 0.449 e. The monoisotopic (exact) mass is 419 g/mol. The molecule has 0 aliphatic carbocycles. The molecule has 0 unspecified atom stereocenters. The first-order valence-electron chi connectivity index (χ1n) is 8.46. The first-order chi connectivity index (χ1) is 13.5. The van der Waals surface area contributed by atoms with Crippen LogP contribution in [0.15, 0.2) is 53.4 Å². The number of anilines is 1. The van der Waals surface area contributed by atoms with E-state index >= 15 is 0 Å². The van der Waals surface area contributed by atoms with Gasteiger partial charge in [0, 0.05) is 25.3 Å². The summed E-state index contributed by atoms with van der Waals surface area (Å²) in [4.78, 5) is 35.5. The molecule has 1 atom stereocenters. The van der Waals surface area contributed by atoms with Crippen LogP contribution in [0.2, 0.25) is 0 Å². The van der Waals surface area contributed by atoms with Crippen molar-refractivity contribution in [1.29, 1.82) is 0 Å². The highest BCUT2D eigenvalue weighted by Gasteiger charge is 2.21. The molecule has 0 spiro atoms. The lowest BCUT2D eigenvalue weighted by molar-refractivity contribution is -0.123. The summed E-state index contributed by atoms with van der Waals surface area (Å²) in [5, 5.41) is 2.55. The van der Waals surface area contributed by atoms with Crippen molar-refractivity contribution in [1.82, 2.24) is 4.31 Å². The highest BCUT2D eigenvalue weighted by Crippen LogP contribution is 2.15. The highest BCUT2D eigenvalue weighted by molar-refractivity contribution is 7.89. The topological polar surface area (TPSA) is 136 Å². The molecule has 10 heteroatoms. The minimum atomic E-state index is -3.61. The van der Waals surface area contributed by atoms with Crippen LogP contribution >= 0.6 is 0 Å². The fraction of sp³-hybridized carbons (Fsp3) is 0.211. The molecule has 3 N–H and O–H groups in total. The summed E-state index contributed by atoms with van der Waals surface area (Å²) < 4.78 is 30.3. The standard InChI is InChI=1S/C19H21N3O6S/c1-12(18(24)21-15-8-4-13(5-9-15)17(20)23)28-19(25)14-6-10-16(11-7-14)29(26,27)22(2)3/h4-12H,1-3H3,(H2,20,23)(H,21,24)/t12-/m0/s1. The first kappa shape index (κ1) is 22.1. The van der Waals surface area contributed by atoms with E-state index in [0.717, 1.165) is 4.31 Å². The number of nitrogens with two attached hydrogens (primary N) is 1. The Kier molecular flexibility index (Phi) is 6.72. The quantitative estimate of drug-likeness (QED) is 0.648. The van der Waals surface area contributed by atoms with Crippen molar-refractivity contribution >= 4 is 33.5 Å². The van der Waals surface area contributed by atoms with Gasteiger partial charge in [-0.1, -0.05) is 0 Å². The number of nitrogens with one attached hydrogen (secondary N) is 1. The maximum Gasteiger partial charge on any atom is 0.338 e. The van der Waals surface area contributed by atoms with E-state index in [4.69, 9.17) is 10.5 Å². The Bertz CT molecular complexity index is 1010. The molecule has 29 heavy (non-hydrogen) atoms. The van der Waals surface area contributed by atoms with Crippen molar-refractivity contribution in [2.45, 2.75) is 17.9 Å². The Morgan fingerprint density at radius 3 is 1.97 bits per heavy atom. The summed E-state index contributed by atoms with van der Waals surface area (Å²) in [5.74, 6) is -1.93. The molecule has 0 saturated heterocycles. The highest BCUT2D eigenvalue weighted by atomic mass is 32.2. The van der Waals surface area contributed by atoms with Crippen molar-refractivity contribution in [2.75, 3.05) is 19.4 Å². The normalized spacial score (nSPS) is 12.3. The lowest BCUT2D eigenvalue weighted by atomic mass is 10.2. The Morgan fingerprint density at radius 2 is 1.48 bits per heavy atom. The van der Waals surface area contributed by atoms with Crippen molar-refractivity contribution < 1.29 is 27.5 Å². The molecule has 2 aromatic carbocycles. The SMILES string of the molecule is C[C@H](OC(=O)c1ccc(S(=O)(=O)N(C)C)cc1)C(=O)Nc1ccc(C(N)=O)cc1. The van der Waals surface area contributed by atoms with E-state index in [1.54, 1.807) is 0 Å². The van der Waals surface area contributed by atoms with Gasteiger partial charge in [-0.05, 0) is 55.5 Å². The van der Waals surface area contributed by atoms with Crippen LogP contribution < -0.4 is 11.1 Å². The molecular formula is C19H21N3O6S. The average molecular weight is 419 g/mol. The van der Waals surface area contributed by atoms with E-state index in [1.165, 1.54) is 69.6 Å². The third-order valence-corrected chi connectivity index (χ3v) is 5.79. The third kappa shape index (κ3) is 5.39. The summed E-state index contributed by atoms with van der Waals surface area (Å²) in [6, 6.07) is 11.1. The van der Waals surface area contributed by atoms with Gasteiger partial charge in [-0.15, -0.1) is 0 Å². The number of nitrogens with zero attached hydrogens (tertiary/aromatic N) is 1. The molecule has 0 heterocycles. The van der Waals surface area contributed by atoms with Gasteiger partial charge in [0.2, 0.25) is 15.9 Å². The van der Waals surface area contributed by atoms with Gasteiger partial charge in [-0.2, -0.15) is 0 Å². The molecule has 0 aliphatic heterocycles. The summed E-state index contributed by atoms with van der Waals surface area (Å²) >= 11 is 0. The minimum Gasteiger partial charge on any atom is -0.449 e. The summed E-state index contributed by atoms with van der Waals surface area (Å²) in [5.41, 5.74) is 5.95. The second-order valence-corrected chi connectivity index (χ2v) is 8.44. The number of hydrogen-bond acceptors (Lipinski definition) is 6. The zero-order valence-electron chi connectivity index (χ0n) is 16.1. The Hall–Kier alpha value is -3.24. The third-order valence-electron chi connectivity index (χ3n) is 3.96. The minimum absolute atomic E-state index is 0.0317. The van der Waals surface area contributed by atoms with Gasteiger partial charge in [0.25, 0.3) is 5.91 Å². The second kappa shape index (κ2) is 8.84. The van der Waals surface area contributed by atoms with Gasteiger partial charge < -0.3 is 15.8 Å². The van der Waals surface area contributed by atoms with E-state index in [2.05, 4.69) is 5.32 Å². The molecule has 0 aliphatic rings. The van der Waals surface area contributed by atoms with Gasteiger partial charge in [0.1, 0.15) is 0 Å². The van der Waals surface area contributed by atoms with Crippen LogP contribution in [0.1, 0.15) is 27.6 Å². The number of ether oxygens (including phenoxy) is 1. The maximum atomic E-state index is 12.2. The Balaban J connectivity index is 2.00. The number of carbonyl (C=O) groups excluding carboxylic acids is 3. The molecular weight excluding hydrogens is 398 g/mol. The molecule has 0 radical (unpaired) electrons. The lowest BCUT2D eigenvalue weighted by Gasteiger charge is -2.14. The van der Waals surface area contributed by atoms with Crippen LogP contribution in [0, 0.1) is 0 Å². The summed E-state index contributed by atoms with van der Waals surface area (Å²) in [6.45, 7) is 1.40. The molecule has 2 rings (SSSR count). The smallest absolute Gasteiger partial charge is 0.338 e. The van der Waals surface area contributed by atoms with Crippen LogP contribution in [-0.4, -0.2) is 50.7 Å². The predicted molar refractivity (Wildman–Crippen MR) is 106 cm³/mol. The van der Waals surface area contributed by atoms with Crippen molar-refractivity contribution in [3.8, 4) is 0 Å². The van der Waals surface area contributed by atoms with E-state index < -0.39 is 33.9 Å². The fourth-order valence-corrected chi connectivity index (χ4v) is 3.12. The fourth-order valence-electron chi connectivity index (χ4n) is 2.22. The number of carbonyl (C=O) groups is 3. The number of rotatable bonds is 7. The van der Waals surface area contributed by atoms with E-state index in [-0.39, 0.29) is 10.5 Å². The van der Waals surface area contributed by atoms with Crippen LogP contribution in [0.3, 0.4) is 0 Å². The zero-order valence-corrected chi connectivity index (χ0v) is 16.9. The van der Waals surface area contributed by atoms with Crippen LogP contribution in [0.25, 0.3) is 0 Å². The second-order valence-electron chi connectivity index (χ2n) is 6.29. The molecule has 2 amide bonds. The van der Waals surface area contributed by atoms with Crippen molar-refractivity contribution in [2.24, 2.45) is 5.73 Å². The predicted octanol–water partition coefficient (Wildman–Crippen LogP) is 1.22. The van der Waals surface area contributed by atoms with E-state index in [1.807, 2.05) is 0 Å². The van der Waals surface area contributed by atoms with Gasteiger partial charge in [0.15, 0.2) is 6.10 Å². The molecule has 0 bridgehead atoms. The van der Waals surface area contributed by atoms with Crippen LogP contribution in [0.4, 0.5) is 5.69 Å². The number of esters is 1. The average Bonchev–Trinajstić information content (AvgIpc) is 2.68. The summed E-state index contributed by atoms with van der Waals surface area (Å²) in [6.07, 6.45) is -1.11. The van der Waals surface area contributed by atoms with Crippen molar-refractivity contribution in [3.05, 3.63) is 59.7 Å². The zero-order chi connectivity index (χ0) is 21.8. The number of sulfonamides is 1. The molecule has 154 valence electrons. The number of hydrogen-bond donors (Lipinski definition) is 2. The maximum absolute atomic E-state index is 12.2. The molecule has 0 aromatic heterocycles. The van der Waals surface area contributed by atoms with E-state index in [9.17, 15) is 22.8 Å². The molecule has 2 aromatic rings.